The molecule has 0 saturated heterocycles. The molecular weight excluding hydrogens is 84.1 g/mol. The number of rotatable bonds is 4. The molecule has 0 aromatic heterocycles. The molecule has 0 heterocycles. The summed E-state index contributed by atoms with van der Waals surface area (Å²) in [7, 11) is 0. The molecule has 0 nitrogen and oxygen atoms in total. The largest absolute Gasteiger partial charge is 0.0654 e. The van der Waals surface area contributed by atoms with Crippen molar-refractivity contribution < 1.29 is 0 Å². The van der Waals surface area contributed by atoms with Crippen molar-refractivity contribution in [2.75, 3.05) is 0 Å². The van der Waals surface area contributed by atoms with Gasteiger partial charge in [-0.3, -0.25) is 0 Å². The highest BCUT2D eigenvalue weighted by Gasteiger charge is 1.80. The second-order valence-electron chi connectivity index (χ2n) is 1.91. The van der Waals surface area contributed by atoms with Crippen molar-refractivity contribution >= 4 is 0 Å². The summed E-state index contributed by atoms with van der Waals surface area (Å²) in [5.74, 6) is 0. The molecule has 43 valence electrons. The highest BCUT2D eigenvalue weighted by atomic mass is 13.9. The van der Waals surface area contributed by atoms with Crippen molar-refractivity contribution in [2.45, 2.75) is 39.0 Å². The van der Waals surface area contributed by atoms with E-state index in [-0.39, 0.29) is 0 Å². The minimum atomic E-state index is 1.11. The van der Waals surface area contributed by atoms with Gasteiger partial charge >= 0.3 is 0 Å². The van der Waals surface area contributed by atoms with Crippen LogP contribution in [0.4, 0.5) is 0 Å². The molecule has 7 heavy (non-hydrogen) atoms. The Morgan fingerprint density at radius 2 is 1.86 bits per heavy atom. The van der Waals surface area contributed by atoms with Gasteiger partial charge in [0, 0.05) is 0 Å². The van der Waals surface area contributed by atoms with Crippen LogP contribution in [0.2, 0.25) is 0 Å². The molecule has 0 N–H and O–H groups in total. The van der Waals surface area contributed by atoms with Gasteiger partial charge in [0.15, 0.2) is 0 Å². The highest BCUT2D eigenvalue weighted by molar-refractivity contribution is 4.41. The lowest BCUT2D eigenvalue weighted by molar-refractivity contribution is 0.673. The fourth-order valence-corrected chi connectivity index (χ4v) is 0.604. The summed E-state index contributed by atoms with van der Waals surface area (Å²) < 4.78 is 0. The van der Waals surface area contributed by atoms with Crippen LogP contribution < -0.4 is 0 Å². The van der Waals surface area contributed by atoms with E-state index in [1.165, 1.54) is 25.7 Å². The van der Waals surface area contributed by atoms with E-state index in [2.05, 4.69) is 13.8 Å². The Hall–Kier alpha value is 0. The Kier molecular flexibility index (Phi) is 6.00. The van der Waals surface area contributed by atoms with E-state index in [1.807, 2.05) is 0 Å². The molecule has 0 aliphatic carbocycles. The lowest BCUT2D eigenvalue weighted by Crippen LogP contribution is -1.71. The second kappa shape index (κ2) is 6.00. The first kappa shape index (κ1) is 7.00. The molecule has 0 bridgehead atoms. The fraction of sp³-hybridized carbons (Fsp3) is 0.857. The van der Waals surface area contributed by atoms with Crippen molar-refractivity contribution in [1.29, 1.82) is 0 Å². The number of hydrogen-bond donors (Lipinski definition) is 0. The van der Waals surface area contributed by atoms with Gasteiger partial charge in [-0.15, -0.1) is 0 Å². The van der Waals surface area contributed by atoms with Gasteiger partial charge in [0.25, 0.3) is 0 Å². The van der Waals surface area contributed by atoms with E-state index in [0.29, 0.717) is 0 Å². The van der Waals surface area contributed by atoms with Crippen LogP contribution in [-0.4, -0.2) is 0 Å². The van der Waals surface area contributed by atoms with Crippen LogP contribution in [0.25, 0.3) is 0 Å². The Morgan fingerprint density at radius 1 is 1.14 bits per heavy atom. The van der Waals surface area contributed by atoms with Crippen LogP contribution in [-0.2, 0) is 0 Å². The van der Waals surface area contributed by atoms with Crippen LogP contribution in [0, 0.1) is 6.92 Å². The SMILES string of the molecule is [CH2]CCCCCC. The third kappa shape index (κ3) is 6.00. The lowest BCUT2D eigenvalue weighted by atomic mass is 10.2. The van der Waals surface area contributed by atoms with Crippen molar-refractivity contribution in [3.8, 4) is 0 Å². The molecule has 0 spiro atoms. The smallest absolute Gasteiger partial charge is 0.0533 e. The zero-order valence-electron chi connectivity index (χ0n) is 5.24. The van der Waals surface area contributed by atoms with E-state index in [0.717, 1.165) is 6.42 Å². The van der Waals surface area contributed by atoms with E-state index < -0.39 is 0 Å². The minimum Gasteiger partial charge on any atom is -0.0654 e. The molecule has 0 rings (SSSR count). The number of unbranched alkanes of at least 4 members (excludes halogenated alkanes) is 4. The molecule has 0 aliphatic heterocycles. The molecule has 0 unspecified atom stereocenters. The van der Waals surface area contributed by atoms with Gasteiger partial charge in [-0.25, -0.2) is 0 Å². The molecule has 0 aromatic carbocycles. The molecule has 0 atom stereocenters. The third-order valence-corrected chi connectivity index (χ3v) is 1.10. The zero-order valence-corrected chi connectivity index (χ0v) is 5.24. The highest BCUT2D eigenvalue weighted by Crippen LogP contribution is 1.99. The van der Waals surface area contributed by atoms with Gasteiger partial charge < -0.3 is 0 Å². The average Bonchev–Trinajstić information content (AvgIpc) is 1.69. The predicted octanol–water partition coefficient (Wildman–Crippen LogP) is 2.79. The molecule has 0 saturated carbocycles. The molecule has 0 heteroatoms. The first-order valence-corrected chi connectivity index (χ1v) is 3.21. The van der Waals surface area contributed by atoms with Crippen molar-refractivity contribution in [1.82, 2.24) is 0 Å². The Balaban J connectivity index is 2.45. The summed E-state index contributed by atoms with van der Waals surface area (Å²) in [5.41, 5.74) is 0. The monoisotopic (exact) mass is 99.1 g/mol. The van der Waals surface area contributed by atoms with Gasteiger partial charge in [0.2, 0.25) is 0 Å². The van der Waals surface area contributed by atoms with Crippen LogP contribution in [0.3, 0.4) is 0 Å². The Bertz CT molecular complexity index is 19.2. The summed E-state index contributed by atoms with van der Waals surface area (Å²) in [4.78, 5) is 0. The molecule has 0 aliphatic rings. The maximum absolute atomic E-state index is 3.76. The van der Waals surface area contributed by atoms with Gasteiger partial charge in [0.1, 0.15) is 0 Å². The molecule has 0 aromatic rings. The summed E-state index contributed by atoms with van der Waals surface area (Å²) in [6.45, 7) is 5.98. The van der Waals surface area contributed by atoms with E-state index in [9.17, 15) is 0 Å². The Labute approximate surface area is 46.9 Å². The van der Waals surface area contributed by atoms with E-state index in [1.54, 1.807) is 0 Å². The summed E-state index contributed by atoms with van der Waals surface area (Å²) in [6, 6.07) is 0. The molecule has 0 fully saturated rings. The first-order chi connectivity index (χ1) is 3.41. The van der Waals surface area contributed by atoms with Crippen LogP contribution in [0.5, 0.6) is 0 Å². The second-order valence-corrected chi connectivity index (χ2v) is 1.91. The normalized spacial score (nSPS) is 9.43. The van der Waals surface area contributed by atoms with Gasteiger partial charge in [-0.2, -0.15) is 0 Å². The quantitative estimate of drug-likeness (QED) is 0.475. The van der Waals surface area contributed by atoms with E-state index >= 15 is 0 Å². The Morgan fingerprint density at radius 3 is 2.29 bits per heavy atom. The maximum Gasteiger partial charge on any atom is -0.0533 e. The molecule has 1 radical (unpaired) electrons. The summed E-state index contributed by atoms with van der Waals surface area (Å²) >= 11 is 0. The van der Waals surface area contributed by atoms with Gasteiger partial charge in [-0.1, -0.05) is 46.0 Å². The van der Waals surface area contributed by atoms with E-state index in [4.69, 9.17) is 0 Å². The number of hydrogen-bond acceptors (Lipinski definition) is 0. The third-order valence-electron chi connectivity index (χ3n) is 1.10. The maximum atomic E-state index is 3.76. The zero-order chi connectivity index (χ0) is 5.54. The average molecular weight is 99.2 g/mol. The molecule has 0 amide bonds. The minimum absolute atomic E-state index is 1.11. The fourth-order valence-electron chi connectivity index (χ4n) is 0.604. The topological polar surface area (TPSA) is 0 Å². The molecular formula is C7H15. The lowest BCUT2D eigenvalue weighted by Gasteiger charge is -1.90. The van der Waals surface area contributed by atoms with Crippen LogP contribution in [0.15, 0.2) is 0 Å². The first-order valence-electron chi connectivity index (χ1n) is 3.21. The van der Waals surface area contributed by atoms with Gasteiger partial charge in [-0.05, 0) is 0 Å². The standard InChI is InChI=1S/C7H15/c1-3-5-7-6-4-2/h1,3-7H2,2H3. The van der Waals surface area contributed by atoms with Crippen molar-refractivity contribution in [3.63, 3.8) is 0 Å². The van der Waals surface area contributed by atoms with Gasteiger partial charge in [0.05, 0.1) is 0 Å². The summed E-state index contributed by atoms with van der Waals surface area (Å²) in [5, 5.41) is 0. The summed E-state index contributed by atoms with van der Waals surface area (Å²) in [6.07, 6.45) is 6.52. The predicted molar refractivity (Wildman–Crippen MR) is 34.1 cm³/mol. The van der Waals surface area contributed by atoms with Crippen molar-refractivity contribution in [3.05, 3.63) is 6.92 Å². The van der Waals surface area contributed by atoms with Crippen LogP contribution >= 0.6 is 0 Å². The van der Waals surface area contributed by atoms with Crippen LogP contribution in [0.1, 0.15) is 39.0 Å². The van der Waals surface area contributed by atoms with Crippen molar-refractivity contribution in [2.24, 2.45) is 0 Å².